The van der Waals surface area contributed by atoms with E-state index >= 15 is 0 Å². The molecule has 2 aromatic carbocycles. The van der Waals surface area contributed by atoms with Gasteiger partial charge in [-0.05, 0) is 43.2 Å². The summed E-state index contributed by atoms with van der Waals surface area (Å²) in [6.45, 7) is 1.95. The van der Waals surface area contributed by atoms with Crippen LogP contribution >= 0.6 is 11.6 Å². The molecule has 128 valence electrons. The van der Waals surface area contributed by atoms with Crippen molar-refractivity contribution in [2.75, 3.05) is 6.54 Å². The Kier molecular flexibility index (Phi) is 6.36. The summed E-state index contributed by atoms with van der Waals surface area (Å²) in [5, 5.41) is 3.17. The van der Waals surface area contributed by atoms with Crippen LogP contribution < -0.4 is 10.0 Å². The normalized spacial score (nSPS) is 12.6. The summed E-state index contributed by atoms with van der Waals surface area (Å²) in [6, 6.07) is 14.6. The molecule has 1 atom stereocenters. The van der Waals surface area contributed by atoms with Crippen LogP contribution in [0.2, 0.25) is 5.02 Å². The van der Waals surface area contributed by atoms with Gasteiger partial charge in [-0.1, -0.05) is 41.9 Å². The first-order chi connectivity index (χ1) is 11.4. The number of amides is 1. The summed E-state index contributed by atoms with van der Waals surface area (Å²) in [4.78, 5) is 12.1. The highest BCUT2D eigenvalue weighted by molar-refractivity contribution is 7.89. The molecule has 0 aliphatic rings. The molecule has 0 bridgehead atoms. The van der Waals surface area contributed by atoms with Crippen LogP contribution in [0, 0.1) is 0 Å². The van der Waals surface area contributed by atoms with Crippen molar-refractivity contribution in [2.45, 2.75) is 24.3 Å². The van der Waals surface area contributed by atoms with Gasteiger partial charge in [0.2, 0.25) is 15.9 Å². The Bertz CT molecular complexity index is 777. The molecule has 7 heteroatoms. The quantitative estimate of drug-likeness (QED) is 0.789. The first-order valence-electron chi connectivity index (χ1n) is 7.48. The summed E-state index contributed by atoms with van der Waals surface area (Å²) in [7, 11) is -3.77. The zero-order valence-corrected chi connectivity index (χ0v) is 14.8. The summed E-state index contributed by atoms with van der Waals surface area (Å²) in [5.74, 6) is -0.372. The van der Waals surface area contributed by atoms with Crippen molar-refractivity contribution < 1.29 is 13.2 Å². The van der Waals surface area contributed by atoms with Crippen molar-refractivity contribution in [1.29, 1.82) is 0 Å². The van der Waals surface area contributed by atoms with E-state index in [2.05, 4.69) is 10.0 Å². The lowest BCUT2D eigenvalue weighted by atomic mass is 10.1. The molecule has 0 saturated carbocycles. The van der Waals surface area contributed by atoms with E-state index in [0.717, 1.165) is 5.56 Å². The Hall–Kier alpha value is -1.89. The molecule has 0 aromatic heterocycles. The first-order valence-corrected chi connectivity index (χ1v) is 9.34. The third kappa shape index (κ3) is 5.33. The molecule has 0 fully saturated rings. The molecule has 0 aliphatic heterocycles. The Labute approximate surface area is 147 Å². The number of carbonyl (C=O) groups is 1. The number of hydrogen-bond acceptors (Lipinski definition) is 3. The summed E-state index contributed by atoms with van der Waals surface area (Å²) < 4.78 is 26.8. The summed E-state index contributed by atoms with van der Waals surface area (Å²) in [6.07, 6.45) is 0.684. The number of benzene rings is 2. The maximum Gasteiger partial charge on any atom is 0.241 e. The largest absolute Gasteiger partial charge is 0.354 e. The van der Waals surface area contributed by atoms with Gasteiger partial charge in [-0.2, -0.15) is 4.72 Å². The number of sulfonamides is 1. The van der Waals surface area contributed by atoms with Crippen molar-refractivity contribution in [1.82, 2.24) is 10.0 Å². The molecule has 0 heterocycles. The molecule has 0 radical (unpaired) electrons. The van der Waals surface area contributed by atoms with Gasteiger partial charge in [0.1, 0.15) is 0 Å². The fraction of sp³-hybridized carbons (Fsp3) is 0.235. The van der Waals surface area contributed by atoms with Crippen molar-refractivity contribution in [2.24, 2.45) is 0 Å². The highest BCUT2D eigenvalue weighted by Crippen LogP contribution is 2.14. The molecule has 24 heavy (non-hydrogen) atoms. The summed E-state index contributed by atoms with van der Waals surface area (Å²) >= 11 is 5.75. The first kappa shape index (κ1) is 18.4. The minimum absolute atomic E-state index is 0.0656. The van der Waals surface area contributed by atoms with Gasteiger partial charge in [-0.15, -0.1) is 0 Å². The second-order valence-corrected chi connectivity index (χ2v) is 7.47. The van der Waals surface area contributed by atoms with E-state index in [1.165, 1.54) is 31.2 Å². The molecule has 5 nitrogen and oxygen atoms in total. The minimum Gasteiger partial charge on any atom is -0.354 e. The fourth-order valence-electron chi connectivity index (χ4n) is 2.10. The fourth-order valence-corrected chi connectivity index (χ4v) is 3.42. The van der Waals surface area contributed by atoms with Crippen LogP contribution in [0.25, 0.3) is 0 Å². The number of rotatable bonds is 7. The molecular weight excluding hydrogens is 348 g/mol. The topological polar surface area (TPSA) is 75.3 Å². The molecule has 2 aromatic rings. The Balaban J connectivity index is 1.87. The summed E-state index contributed by atoms with van der Waals surface area (Å²) in [5.41, 5.74) is 1.10. The van der Waals surface area contributed by atoms with Crippen LogP contribution in [-0.4, -0.2) is 26.9 Å². The van der Waals surface area contributed by atoms with Crippen molar-refractivity contribution in [3.05, 3.63) is 65.2 Å². The van der Waals surface area contributed by atoms with Crippen molar-refractivity contribution >= 4 is 27.5 Å². The van der Waals surface area contributed by atoms with Crippen LogP contribution in [-0.2, 0) is 21.2 Å². The van der Waals surface area contributed by atoms with Gasteiger partial charge < -0.3 is 5.32 Å². The van der Waals surface area contributed by atoms with E-state index in [-0.39, 0.29) is 10.8 Å². The molecule has 0 unspecified atom stereocenters. The van der Waals surface area contributed by atoms with Gasteiger partial charge in [-0.3, -0.25) is 4.79 Å². The lowest BCUT2D eigenvalue weighted by Gasteiger charge is -2.14. The predicted molar refractivity (Wildman–Crippen MR) is 94.4 cm³/mol. The highest BCUT2D eigenvalue weighted by atomic mass is 35.5. The lowest BCUT2D eigenvalue weighted by molar-refractivity contribution is -0.122. The molecule has 0 saturated heterocycles. The van der Waals surface area contributed by atoms with Gasteiger partial charge in [-0.25, -0.2) is 8.42 Å². The van der Waals surface area contributed by atoms with Crippen LogP contribution in [0.15, 0.2) is 59.5 Å². The van der Waals surface area contributed by atoms with Crippen molar-refractivity contribution in [3.63, 3.8) is 0 Å². The zero-order chi connectivity index (χ0) is 17.6. The van der Waals surface area contributed by atoms with Crippen LogP contribution in [0.1, 0.15) is 12.5 Å². The number of hydrogen-bond donors (Lipinski definition) is 2. The Morgan fingerprint density at radius 2 is 1.71 bits per heavy atom. The van der Waals surface area contributed by atoms with Gasteiger partial charge in [0.15, 0.2) is 0 Å². The van der Waals surface area contributed by atoms with E-state index in [1.54, 1.807) is 0 Å². The molecule has 2 N–H and O–H groups in total. The second kappa shape index (κ2) is 8.28. The molecule has 0 spiro atoms. The highest BCUT2D eigenvalue weighted by Gasteiger charge is 2.21. The third-order valence-electron chi connectivity index (χ3n) is 3.40. The van der Waals surface area contributed by atoms with E-state index < -0.39 is 16.1 Å². The second-order valence-electron chi connectivity index (χ2n) is 5.32. The molecular formula is C17H19ClN2O3S. The average Bonchev–Trinajstić information content (AvgIpc) is 2.55. The lowest BCUT2D eigenvalue weighted by Crippen LogP contribution is -2.45. The van der Waals surface area contributed by atoms with Gasteiger partial charge in [0, 0.05) is 11.6 Å². The standard InChI is InChI=1S/C17H19ClN2O3S/c1-13(17(21)19-12-11-14-5-3-2-4-6-14)20-24(22,23)16-9-7-15(18)8-10-16/h2-10,13,20H,11-12H2,1H3,(H,19,21)/t13-/m0/s1. The maximum absolute atomic E-state index is 12.2. The average molecular weight is 367 g/mol. The molecule has 2 rings (SSSR count). The maximum atomic E-state index is 12.2. The Morgan fingerprint density at radius 3 is 2.33 bits per heavy atom. The van der Waals surface area contributed by atoms with E-state index in [4.69, 9.17) is 11.6 Å². The van der Waals surface area contributed by atoms with E-state index in [9.17, 15) is 13.2 Å². The molecule has 0 aliphatic carbocycles. The smallest absolute Gasteiger partial charge is 0.241 e. The van der Waals surface area contributed by atoms with Crippen LogP contribution in [0.4, 0.5) is 0 Å². The van der Waals surface area contributed by atoms with E-state index in [1.807, 2.05) is 30.3 Å². The van der Waals surface area contributed by atoms with Crippen LogP contribution in [0.5, 0.6) is 0 Å². The van der Waals surface area contributed by atoms with Crippen LogP contribution in [0.3, 0.4) is 0 Å². The number of carbonyl (C=O) groups excluding carboxylic acids is 1. The third-order valence-corrected chi connectivity index (χ3v) is 5.21. The number of nitrogens with one attached hydrogen (secondary N) is 2. The zero-order valence-electron chi connectivity index (χ0n) is 13.2. The van der Waals surface area contributed by atoms with Gasteiger partial charge in [0.25, 0.3) is 0 Å². The Morgan fingerprint density at radius 1 is 1.08 bits per heavy atom. The van der Waals surface area contributed by atoms with E-state index in [0.29, 0.717) is 18.0 Å². The monoisotopic (exact) mass is 366 g/mol. The number of halogens is 1. The minimum atomic E-state index is -3.77. The van der Waals surface area contributed by atoms with Gasteiger partial charge in [0.05, 0.1) is 10.9 Å². The SMILES string of the molecule is C[C@H](NS(=O)(=O)c1ccc(Cl)cc1)C(=O)NCCc1ccccc1. The predicted octanol–water partition coefficient (Wildman–Crippen LogP) is 2.37. The van der Waals surface area contributed by atoms with Crippen molar-refractivity contribution in [3.8, 4) is 0 Å². The molecule has 1 amide bonds. The van der Waals surface area contributed by atoms with Gasteiger partial charge >= 0.3 is 0 Å².